The molecular formula is C16H23NO3. The highest BCUT2D eigenvalue weighted by atomic mass is 16.5. The predicted octanol–water partition coefficient (Wildman–Crippen LogP) is 2.51. The second-order valence-corrected chi connectivity index (χ2v) is 5.21. The van der Waals surface area contributed by atoms with Crippen molar-refractivity contribution in [3.8, 4) is 5.75 Å². The van der Waals surface area contributed by atoms with Crippen LogP contribution >= 0.6 is 0 Å². The lowest BCUT2D eigenvalue weighted by Gasteiger charge is -2.22. The number of rotatable bonds is 4. The van der Waals surface area contributed by atoms with Gasteiger partial charge in [-0.25, -0.2) is 0 Å². The third kappa shape index (κ3) is 3.73. The van der Waals surface area contributed by atoms with Gasteiger partial charge in [0, 0.05) is 0 Å². The largest absolute Gasteiger partial charge is 0.493 e. The molecule has 2 unspecified atom stereocenters. The minimum atomic E-state index is -0.444. The molecular weight excluding hydrogens is 254 g/mol. The molecule has 1 amide bonds. The smallest absolute Gasteiger partial charge is 0.255 e. The monoisotopic (exact) mass is 277 g/mol. The third-order valence-electron chi connectivity index (χ3n) is 3.73. The van der Waals surface area contributed by atoms with Gasteiger partial charge in [-0.2, -0.15) is 0 Å². The summed E-state index contributed by atoms with van der Waals surface area (Å²) in [7, 11) is 0. The van der Waals surface area contributed by atoms with Crippen molar-refractivity contribution in [1.29, 1.82) is 0 Å². The molecule has 2 N–H and O–H groups in total. The SMILES string of the molecule is CCOc1ccccc1C(=O)NC1CCCCCC1O. The van der Waals surface area contributed by atoms with Gasteiger partial charge >= 0.3 is 0 Å². The highest BCUT2D eigenvalue weighted by molar-refractivity contribution is 5.97. The Hall–Kier alpha value is -1.55. The third-order valence-corrected chi connectivity index (χ3v) is 3.73. The van der Waals surface area contributed by atoms with E-state index in [1.807, 2.05) is 19.1 Å². The van der Waals surface area contributed by atoms with E-state index in [9.17, 15) is 9.90 Å². The number of carbonyl (C=O) groups is 1. The molecule has 1 saturated carbocycles. The van der Waals surface area contributed by atoms with Crippen molar-refractivity contribution in [1.82, 2.24) is 5.32 Å². The Bertz CT molecular complexity index is 447. The topological polar surface area (TPSA) is 58.6 Å². The van der Waals surface area contributed by atoms with Crippen LogP contribution in [0, 0.1) is 0 Å². The molecule has 0 aromatic heterocycles. The average molecular weight is 277 g/mol. The van der Waals surface area contributed by atoms with E-state index < -0.39 is 6.10 Å². The van der Waals surface area contributed by atoms with E-state index in [1.54, 1.807) is 12.1 Å². The number of amides is 1. The van der Waals surface area contributed by atoms with Crippen LogP contribution in [0.3, 0.4) is 0 Å². The summed E-state index contributed by atoms with van der Waals surface area (Å²) in [6.07, 6.45) is 4.36. The number of aliphatic hydroxyl groups excluding tert-OH is 1. The Morgan fingerprint density at radius 2 is 2.05 bits per heavy atom. The average Bonchev–Trinajstić information content (AvgIpc) is 2.65. The summed E-state index contributed by atoms with van der Waals surface area (Å²) in [6.45, 7) is 2.42. The lowest BCUT2D eigenvalue weighted by atomic mass is 10.1. The molecule has 0 radical (unpaired) electrons. The van der Waals surface area contributed by atoms with Crippen LogP contribution in [0.5, 0.6) is 5.75 Å². The quantitative estimate of drug-likeness (QED) is 0.831. The molecule has 1 fully saturated rings. The first-order chi connectivity index (χ1) is 9.72. The zero-order chi connectivity index (χ0) is 14.4. The van der Waals surface area contributed by atoms with Gasteiger partial charge in [-0.1, -0.05) is 31.4 Å². The van der Waals surface area contributed by atoms with Crippen LogP contribution in [-0.2, 0) is 0 Å². The number of benzene rings is 1. The van der Waals surface area contributed by atoms with Crippen LogP contribution < -0.4 is 10.1 Å². The first-order valence-corrected chi connectivity index (χ1v) is 7.43. The fraction of sp³-hybridized carbons (Fsp3) is 0.562. The summed E-state index contributed by atoms with van der Waals surface area (Å²) in [4.78, 5) is 12.4. The first kappa shape index (κ1) is 14.9. The normalized spacial score (nSPS) is 22.9. The zero-order valence-corrected chi connectivity index (χ0v) is 12.0. The molecule has 110 valence electrons. The fourth-order valence-corrected chi connectivity index (χ4v) is 2.64. The minimum Gasteiger partial charge on any atom is -0.493 e. The van der Waals surface area contributed by atoms with Crippen LogP contribution in [0.2, 0.25) is 0 Å². The zero-order valence-electron chi connectivity index (χ0n) is 12.0. The number of carbonyl (C=O) groups excluding carboxylic acids is 1. The molecule has 20 heavy (non-hydrogen) atoms. The summed E-state index contributed by atoms with van der Waals surface area (Å²) < 4.78 is 5.48. The van der Waals surface area contributed by atoms with Crippen molar-refractivity contribution in [3.05, 3.63) is 29.8 Å². The predicted molar refractivity (Wildman–Crippen MR) is 78.0 cm³/mol. The highest BCUT2D eigenvalue weighted by Crippen LogP contribution is 2.21. The lowest BCUT2D eigenvalue weighted by Crippen LogP contribution is -2.42. The standard InChI is InChI=1S/C16H23NO3/c1-2-20-15-11-7-6-8-12(15)16(19)17-13-9-4-3-5-10-14(13)18/h6-8,11,13-14,18H,2-5,9-10H2,1H3,(H,17,19). The second-order valence-electron chi connectivity index (χ2n) is 5.21. The van der Waals surface area contributed by atoms with Gasteiger partial charge in [0.2, 0.25) is 0 Å². The van der Waals surface area contributed by atoms with Crippen molar-refractivity contribution in [2.75, 3.05) is 6.61 Å². The van der Waals surface area contributed by atoms with Crippen molar-refractivity contribution in [3.63, 3.8) is 0 Å². The molecule has 4 nitrogen and oxygen atoms in total. The van der Waals surface area contributed by atoms with E-state index in [0.29, 0.717) is 17.9 Å². The highest BCUT2D eigenvalue weighted by Gasteiger charge is 2.24. The Morgan fingerprint density at radius 3 is 2.85 bits per heavy atom. The number of hydrogen-bond donors (Lipinski definition) is 2. The van der Waals surface area contributed by atoms with Gasteiger partial charge in [-0.05, 0) is 31.9 Å². The van der Waals surface area contributed by atoms with Crippen molar-refractivity contribution < 1.29 is 14.6 Å². The summed E-state index contributed by atoms with van der Waals surface area (Å²) in [6, 6.07) is 7.06. The molecule has 0 heterocycles. The molecule has 1 aromatic rings. The maximum absolute atomic E-state index is 12.4. The maximum Gasteiger partial charge on any atom is 0.255 e. The second kappa shape index (κ2) is 7.29. The van der Waals surface area contributed by atoms with Gasteiger partial charge < -0.3 is 15.2 Å². The number of para-hydroxylation sites is 1. The summed E-state index contributed by atoms with van der Waals surface area (Å²) in [5.74, 6) is 0.426. The van der Waals surface area contributed by atoms with E-state index in [4.69, 9.17) is 4.74 Å². The van der Waals surface area contributed by atoms with Gasteiger partial charge in [-0.15, -0.1) is 0 Å². The molecule has 0 saturated heterocycles. The lowest BCUT2D eigenvalue weighted by molar-refractivity contribution is 0.0815. The van der Waals surface area contributed by atoms with Crippen LogP contribution in [0.1, 0.15) is 49.4 Å². The van der Waals surface area contributed by atoms with Gasteiger partial charge in [0.1, 0.15) is 5.75 Å². The first-order valence-electron chi connectivity index (χ1n) is 7.43. The van der Waals surface area contributed by atoms with Crippen molar-refractivity contribution in [2.24, 2.45) is 0 Å². The summed E-state index contributed by atoms with van der Waals surface area (Å²) >= 11 is 0. The summed E-state index contributed by atoms with van der Waals surface area (Å²) in [5, 5.41) is 13.0. The molecule has 2 atom stereocenters. The Morgan fingerprint density at radius 1 is 1.30 bits per heavy atom. The maximum atomic E-state index is 12.4. The molecule has 1 aromatic carbocycles. The van der Waals surface area contributed by atoms with Gasteiger partial charge in [0.05, 0.1) is 24.3 Å². The van der Waals surface area contributed by atoms with E-state index >= 15 is 0 Å². The van der Waals surface area contributed by atoms with E-state index in [1.165, 1.54) is 0 Å². The van der Waals surface area contributed by atoms with Crippen LogP contribution in [-0.4, -0.2) is 29.8 Å². The van der Waals surface area contributed by atoms with Crippen molar-refractivity contribution in [2.45, 2.75) is 51.2 Å². The Kier molecular flexibility index (Phi) is 5.41. The van der Waals surface area contributed by atoms with Crippen LogP contribution in [0.4, 0.5) is 0 Å². The minimum absolute atomic E-state index is 0.153. The molecule has 0 aliphatic heterocycles. The molecule has 2 rings (SSSR count). The number of ether oxygens (including phenoxy) is 1. The van der Waals surface area contributed by atoms with Crippen molar-refractivity contribution >= 4 is 5.91 Å². The van der Waals surface area contributed by atoms with E-state index in [2.05, 4.69) is 5.32 Å². The van der Waals surface area contributed by atoms with E-state index in [0.717, 1.165) is 32.1 Å². The van der Waals surface area contributed by atoms with Crippen LogP contribution in [0.25, 0.3) is 0 Å². The van der Waals surface area contributed by atoms with Crippen LogP contribution in [0.15, 0.2) is 24.3 Å². The Labute approximate surface area is 120 Å². The van der Waals surface area contributed by atoms with Gasteiger partial charge in [0.15, 0.2) is 0 Å². The van der Waals surface area contributed by atoms with Gasteiger partial charge in [-0.3, -0.25) is 4.79 Å². The van der Waals surface area contributed by atoms with Gasteiger partial charge in [0.25, 0.3) is 5.91 Å². The van der Waals surface area contributed by atoms with E-state index in [-0.39, 0.29) is 11.9 Å². The number of aliphatic hydroxyl groups is 1. The Balaban J connectivity index is 2.07. The number of hydrogen-bond acceptors (Lipinski definition) is 3. The molecule has 4 heteroatoms. The molecule has 0 spiro atoms. The fourth-order valence-electron chi connectivity index (χ4n) is 2.64. The molecule has 0 bridgehead atoms. The number of nitrogens with one attached hydrogen (secondary N) is 1. The summed E-state index contributed by atoms with van der Waals surface area (Å²) in [5.41, 5.74) is 0.533. The molecule has 1 aliphatic rings. The molecule has 1 aliphatic carbocycles.